The van der Waals surface area contributed by atoms with Crippen molar-refractivity contribution in [3.05, 3.63) is 33.1 Å². The number of halogens is 3. The molecule has 2 rings (SSSR count). The first kappa shape index (κ1) is 10.1. The Kier molecular flexibility index (Phi) is 2.58. The molecule has 0 unspecified atom stereocenters. The summed E-state index contributed by atoms with van der Waals surface area (Å²) in [7, 11) is 0. The maximum Gasteiger partial charge on any atom is 0.266 e. The van der Waals surface area contributed by atoms with Crippen LogP contribution in [0.3, 0.4) is 0 Å². The number of hydrogen-bond donors (Lipinski definition) is 0. The van der Waals surface area contributed by atoms with E-state index in [0.29, 0.717) is 9.17 Å². The van der Waals surface area contributed by atoms with Crippen LogP contribution in [0.2, 0.25) is 0 Å². The Morgan fingerprint density at radius 3 is 2.71 bits per heavy atom. The molecular formula is C10H7BrF2S. The smallest absolute Gasteiger partial charge is 0.205 e. The molecule has 0 saturated carbocycles. The molecule has 0 saturated heterocycles. The molecule has 0 aliphatic heterocycles. The minimum atomic E-state index is -2.42. The topological polar surface area (TPSA) is 0 Å². The fourth-order valence-corrected chi connectivity index (χ4v) is 3.34. The quantitative estimate of drug-likeness (QED) is 0.694. The van der Waals surface area contributed by atoms with Crippen LogP contribution in [-0.2, 0) is 0 Å². The van der Waals surface area contributed by atoms with Gasteiger partial charge in [-0.15, -0.1) is 11.3 Å². The van der Waals surface area contributed by atoms with E-state index in [9.17, 15) is 8.78 Å². The number of thiophene rings is 1. The maximum absolute atomic E-state index is 12.7. The Balaban J connectivity index is 2.77. The van der Waals surface area contributed by atoms with Crippen molar-refractivity contribution in [1.82, 2.24) is 0 Å². The monoisotopic (exact) mass is 276 g/mol. The molecule has 1 aromatic carbocycles. The minimum absolute atomic E-state index is 0.116. The van der Waals surface area contributed by atoms with E-state index in [-0.39, 0.29) is 5.56 Å². The van der Waals surface area contributed by atoms with Crippen molar-refractivity contribution in [3.63, 3.8) is 0 Å². The van der Waals surface area contributed by atoms with Crippen LogP contribution in [0.4, 0.5) is 8.78 Å². The van der Waals surface area contributed by atoms with Gasteiger partial charge in [0.05, 0.1) is 9.35 Å². The van der Waals surface area contributed by atoms with Gasteiger partial charge < -0.3 is 0 Å². The summed E-state index contributed by atoms with van der Waals surface area (Å²) in [6.45, 7) is 1.95. The molecule has 0 bridgehead atoms. The van der Waals surface area contributed by atoms with Gasteiger partial charge in [-0.05, 0) is 34.5 Å². The molecule has 0 radical (unpaired) electrons. The van der Waals surface area contributed by atoms with Crippen molar-refractivity contribution >= 4 is 37.4 Å². The van der Waals surface area contributed by atoms with Crippen LogP contribution < -0.4 is 0 Å². The summed E-state index contributed by atoms with van der Waals surface area (Å²) in [4.78, 5) is 0. The van der Waals surface area contributed by atoms with Crippen LogP contribution in [0.1, 0.15) is 17.6 Å². The fraction of sp³-hybridized carbons (Fsp3) is 0.200. The van der Waals surface area contributed by atoms with Crippen LogP contribution in [0, 0.1) is 6.92 Å². The first-order chi connectivity index (χ1) is 6.59. The molecule has 0 nitrogen and oxygen atoms in total. The van der Waals surface area contributed by atoms with Gasteiger partial charge in [-0.2, -0.15) is 0 Å². The Morgan fingerprint density at radius 1 is 1.36 bits per heavy atom. The summed E-state index contributed by atoms with van der Waals surface area (Å²) in [5.74, 6) is 0. The van der Waals surface area contributed by atoms with E-state index in [1.807, 2.05) is 19.1 Å². The number of benzene rings is 1. The van der Waals surface area contributed by atoms with Crippen molar-refractivity contribution in [2.45, 2.75) is 13.3 Å². The molecule has 0 N–H and O–H groups in total. The van der Waals surface area contributed by atoms with E-state index in [0.717, 1.165) is 10.3 Å². The van der Waals surface area contributed by atoms with Crippen molar-refractivity contribution in [3.8, 4) is 0 Å². The lowest BCUT2D eigenvalue weighted by atomic mass is 10.1. The number of hydrogen-bond acceptors (Lipinski definition) is 1. The third-order valence-corrected chi connectivity index (χ3v) is 3.93. The van der Waals surface area contributed by atoms with Crippen molar-refractivity contribution in [2.24, 2.45) is 0 Å². The predicted octanol–water partition coefficient (Wildman–Crippen LogP) is 4.91. The van der Waals surface area contributed by atoms with Gasteiger partial charge in [0.1, 0.15) is 0 Å². The average molecular weight is 277 g/mol. The molecule has 1 aromatic heterocycles. The largest absolute Gasteiger partial charge is 0.266 e. The molecule has 0 fully saturated rings. The highest BCUT2D eigenvalue weighted by Crippen LogP contribution is 2.41. The molecular weight excluding hydrogens is 270 g/mol. The first-order valence-electron chi connectivity index (χ1n) is 4.06. The molecule has 14 heavy (non-hydrogen) atoms. The zero-order valence-electron chi connectivity index (χ0n) is 7.35. The second-order valence-corrected chi connectivity index (χ2v) is 5.46. The Labute approximate surface area is 92.7 Å². The van der Waals surface area contributed by atoms with Gasteiger partial charge in [-0.1, -0.05) is 12.1 Å². The molecule has 74 valence electrons. The van der Waals surface area contributed by atoms with Gasteiger partial charge in [0.25, 0.3) is 6.43 Å². The standard InChI is InChI=1S/C10H7BrF2S/c1-5-2-3-6-7(4-5)14-9(11)8(6)10(12)13/h2-4,10H,1H3. The van der Waals surface area contributed by atoms with E-state index in [1.54, 1.807) is 6.07 Å². The summed E-state index contributed by atoms with van der Waals surface area (Å²) < 4.78 is 26.8. The van der Waals surface area contributed by atoms with Crippen molar-refractivity contribution in [1.29, 1.82) is 0 Å². The normalized spacial score (nSPS) is 11.5. The third-order valence-electron chi connectivity index (χ3n) is 2.06. The number of alkyl halides is 2. The lowest BCUT2D eigenvalue weighted by Crippen LogP contribution is -1.81. The van der Waals surface area contributed by atoms with E-state index in [2.05, 4.69) is 15.9 Å². The Hall–Kier alpha value is -0.480. The molecule has 0 aliphatic rings. The highest BCUT2D eigenvalue weighted by molar-refractivity contribution is 9.11. The highest BCUT2D eigenvalue weighted by Gasteiger charge is 2.18. The first-order valence-corrected chi connectivity index (χ1v) is 5.67. The van der Waals surface area contributed by atoms with Crippen molar-refractivity contribution in [2.75, 3.05) is 0 Å². The summed E-state index contributed by atoms with van der Waals surface area (Å²) in [6, 6.07) is 5.54. The molecule has 0 atom stereocenters. The second-order valence-electron chi connectivity index (χ2n) is 3.09. The van der Waals surface area contributed by atoms with E-state index in [4.69, 9.17) is 0 Å². The minimum Gasteiger partial charge on any atom is -0.205 e. The lowest BCUT2D eigenvalue weighted by molar-refractivity contribution is 0.153. The third kappa shape index (κ3) is 1.57. The zero-order valence-corrected chi connectivity index (χ0v) is 9.75. The number of rotatable bonds is 1. The van der Waals surface area contributed by atoms with Crippen LogP contribution in [0.15, 0.2) is 22.0 Å². The average Bonchev–Trinajstić information content (AvgIpc) is 2.39. The molecule has 2 aromatic rings. The zero-order chi connectivity index (χ0) is 10.3. The van der Waals surface area contributed by atoms with E-state index in [1.165, 1.54) is 11.3 Å². The highest BCUT2D eigenvalue weighted by atomic mass is 79.9. The van der Waals surface area contributed by atoms with Crippen LogP contribution in [-0.4, -0.2) is 0 Å². The van der Waals surface area contributed by atoms with Gasteiger partial charge in [0.2, 0.25) is 0 Å². The number of fused-ring (bicyclic) bond motifs is 1. The second kappa shape index (κ2) is 3.59. The van der Waals surface area contributed by atoms with Gasteiger partial charge in [0.15, 0.2) is 0 Å². The summed E-state index contributed by atoms with van der Waals surface area (Å²) in [5.41, 5.74) is 1.21. The van der Waals surface area contributed by atoms with E-state index >= 15 is 0 Å². The van der Waals surface area contributed by atoms with Crippen LogP contribution in [0.25, 0.3) is 10.1 Å². The summed E-state index contributed by atoms with van der Waals surface area (Å²) >= 11 is 4.53. The summed E-state index contributed by atoms with van der Waals surface area (Å²) in [6.07, 6.45) is -2.42. The molecule has 1 heterocycles. The fourth-order valence-electron chi connectivity index (χ4n) is 1.40. The SMILES string of the molecule is Cc1ccc2c(C(F)F)c(Br)sc2c1. The van der Waals surface area contributed by atoms with Crippen molar-refractivity contribution < 1.29 is 8.78 Å². The van der Waals surface area contributed by atoms with Gasteiger partial charge >= 0.3 is 0 Å². The van der Waals surface area contributed by atoms with Gasteiger partial charge in [-0.3, -0.25) is 0 Å². The molecule has 4 heteroatoms. The van der Waals surface area contributed by atoms with Gasteiger partial charge in [0, 0.05) is 10.1 Å². The summed E-state index contributed by atoms with van der Waals surface area (Å²) in [5, 5.41) is 0.655. The van der Waals surface area contributed by atoms with E-state index < -0.39 is 6.43 Å². The Bertz CT molecular complexity index is 476. The molecule has 0 aliphatic carbocycles. The Morgan fingerprint density at radius 2 is 2.07 bits per heavy atom. The van der Waals surface area contributed by atoms with Crippen LogP contribution in [0.5, 0.6) is 0 Å². The predicted molar refractivity (Wildman–Crippen MR) is 59.2 cm³/mol. The van der Waals surface area contributed by atoms with Crippen LogP contribution >= 0.6 is 27.3 Å². The van der Waals surface area contributed by atoms with Gasteiger partial charge in [-0.25, -0.2) is 8.78 Å². The molecule has 0 amide bonds. The lowest BCUT2D eigenvalue weighted by Gasteiger charge is -1.98. The maximum atomic E-state index is 12.7. The number of aryl methyl sites for hydroxylation is 1. The molecule has 0 spiro atoms.